The molecule has 122 valence electrons. The number of piperidine rings is 1. The van der Waals surface area contributed by atoms with Crippen LogP contribution in [0.15, 0.2) is 30.3 Å². The number of hydrogen-bond donors (Lipinski definition) is 2. The second-order valence-corrected chi connectivity index (χ2v) is 7.51. The van der Waals surface area contributed by atoms with Crippen LogP contribution < -0.4 is 10.0 Å². The number of nitrogens with zero attached hydrogens (tertiary/aromatic N) is 1. The minimum Gasteiger partial charge on any atom is -0.325 e. The Morgan fingerprint density at radius 1 is 1.23 bits per heavy atom. The molecule has 6 nitrogen and oxygen atoms in total. The van der Waals surface area contributed by atoms with E-state index < -0.39 is 10.0 Å². The molecular formula is C15H23N3O3S. The Balaban J connectivity index is 1.84. The topological polar surface area (TPSA) is 78.5 Å². The maximum Gasteiger partial charge on any atom is 0.241 e. The van der Waals surface area contributed by atoms with Crippen LogP contribution in [0.3, 0.4) is 0 Å². The molecule has 7 heteroatoms. The zero-order valence-electron chi connectivity index (χ0n) is 13.0. The molecule has 2 rings (SSSR count). The highest BCUT2D eigenvalue weighted by Gasteiger charge is 2.27. The Morgan fingerprint density at radius 2 is 1.82 bits per heavy atom. The lowest BCUT2D eigenvalue weighted by Crippen LogP contribution is -2.50. The molecule has 1 aliphatic rings. The second kappa shape index (κ2) is 7.21. The van der Waals surface area contributed by atoms with Crippen molar-refractivity contribution in [2.24, 2.45) is 0 Å². The smallest absolute Gasteiger partial charge is 0.241 e. The highest BCUT2D eigenvalue weighted by atomic mass is 32.2. The first kappa shape index (κ1) is 16.9. The molecule has 0 spiro atoms. The molecule has 0 aromatic heterocycles. The molecule has 0 aliphatic carbocycles. The summed E-state index contributed by atoms with van der Waals surface area (Å²) < 4.78 is 25.1. The largest absolute Gasteiger partial charge is 0.325 e. The number of likely N-dealkylation sites (tertiary alicyclic amines) is 1. The lowest BCUT2D eigenvalue weighted by molar-refractivity contribution is -0.121. The van der Waals surface area contributed by atoms with Crippen LogP contribution in [0.1, 0.15) is 19.8 Å². The Bertz CT molecular complexity index is 596. The first-order chi connectivity index (χ1) is 10.3. The molecule has 0 saturated carbocycles. The van der Waals surface area contributed by atoms with Gasteiger partial charge in [0.2, 0.25) is 15.9 Å². The monoisotopic (exact) mass is 325 g/mol. The molecular weight excluding hydrogens is 302 g/mol. The van der Waals surface area contributed by atoms with Gasteiger partial charge in [-0.15, -0.1) is 0 Å². The number of benzene rings is 1. The Hall–Kier alpha value is -1.44. The average Bonchev–Trinajstić information content (AvgIpc) is 2.46. The third-order valence-electron chi connectivity index (χ3n) is 3.88. The number of carbonyl (C=O) groups excluding carboxylic acids is 1. The van der Waals surface area contributed by atoms with Gasteiger partial charge < -0.3 is 5.32 Å². The van der Waals surface area contributed by atoms with Crippen molar-refractivity contribution in [2.75, 3.05) is 24.7 Å². The number of carbonyl (C=O) groups is 1. The molecule has 0 radical (unpaired) electrons. The van der Waals surface area contributed by atoms with Crippen LogP contribution in [-0.2, 0) is 14.8 Å². The second-order valence-electron chi connectivity index (χ2n) is 5.73. The van der Waals surface area contributed by atoms with Crippen molar-refractivity contribution in [2.45, 2.75) is 31.8 Å². The van der Waals surface area contributed by atoms with Gasteiger partial charge >= 0.3 is 0 Å². The van der Waals surface area contributed by atoms with E-state index in [0.29, 0.717) is 13.1 Å². The van der Waals surface area contributed by atoms with E-state index in [0.717, 1.165) is 18.5 Å². The van der Waals surface area contributed by atoms with Gasteiger partial charge in [-0.3, -0.25) is 9.69 Å². The summed E-state index contributed by atoms with van der Waals surface area (Å²) in [6, 6.07) is 9.10. The van der Waals surface area contributed by atoms with E-state index in [1.807, 2.05) is 37.3 Å². The van der Waals surface area contributed by atoms with Gasteiger partial charge in [0, 0.05) is 24.8 Å². The lowest BCUT2D eigenvalue weighted by Gasteiger charge is -2.35. The van der Waals surface area contributed by atoms with Gasteiger partial charge in [-0.25, -0.2) is 13.1 Å². The summed E-state index contributed by atoms with van der Waals surface area (Å²) in [5.41, 5.74) is 0.785. The van der Waals surface area contributed by atoms with Crippen LogP contribution in [0.25, 0.3) is 0 Å². The van der Waals surface area contributed by atoms with E-state index in [4.69, 9.17) is 0 Å². The van der Waals surface area contributed by atoms with E-state index in [9.17, 15) is 13.2 Å². The highest BCUT2D eigenvalue weighted by Crippen LogP contribution is 2.15. The molecule has 0 unspecified atom stereocenters. The van der Waals surface area contributed by atoms with Crippen LogP contribution in [0, 0.1) is 0 Å². The first-order valence-corrected chi connectivity index (χ1v) is 9.31. The van der Waals surface area contributed by atoms with Crippen molar-refractivity contribution >= 4 is 21.6 Å². The zero-order chi connectivity index (χ0) is 16.2. The first-order valence-electron chi connectivity index (χ1n) is 7.42. The maximum atomic E-state index is 12.3. The third-order valence-corrected chi connectivity index (χ3v) is 4.64. The molecule has 0 bridgehead atoms. The Labute approximate surface area is 131 Å². The highest BCUT2D eigenvalue weighted by molar-refractivity contribution is 7.88. The lowest BCUT2D eigenvalue weighted by atomic mass is 10.0. The van der Waals surface area contributed by atoms with E-state index in [1.165, 1.54) is 6.26 Å². The number of hydrogen-bond acceptors (Lipinski definition) is 4. The van der Waals surface area contributed by atoms with Gasteiger partial charge in [0.1, 0.15) is 0 Å². The molecule has 1 heterocycles. The van der Waals surface area contributed by atoms with Crippen molar-refractivity contribution in [3.05, 3.63) is 30.3 Å². The van der Waals surface area contributed by atoms with Crippen LogP contribution in [-0.4, -0.2) is 50.7 Å². The van der Waals surface area contributed by atoms with Gasteiger partial charge in [-0.2, -0.15) is 0 Å². The average molecular weight is 325 g/mol. The van der Waals surface area contributed by atoms with Crippen molar-refractivity contribution in [1.29, 1.82) is 0 Å². The summed E-state index contributed by atoms with van der Waals surface area (Å²) >= 11 is 0. The molecule has 1 aromatic rings. The van der Waals surface area contributed by atoms with Crippen molar-refractivity contribution in [3.63, 3.8) is 0 Å². The summed E-state index contributed by atoms with van der Waals surface area (Å²) in [5, 5.41) is 2.90. The zero-order valence-corrected chi connectivity index (χ0v) is 13.8. The van der Waals surface area contributed by atoms with Gasteiger partial charge in [0.25, 0.3) is 0 Å². The van der Waals surface area contributed by atoms with Gasteiger partial charge in [-0.1, -0.05) is 18.2 Å². The van der Waals surface area contributed by atoms with Gasteiger partial charge in [0.15, 0.2) is 0 Å². The van der Waals surface area contributed by atoms with E-state index >= 15 is 0 Å². The summed E-state index contributed by atoms with van der Waals surface area (Å²) in [4.78, 5) is 14.3. The molecule has 1 amide bonds. The summed E-state index contributed by atoms with van der Waals surface area (Å²) in [6.07, 6.45) is 2.61. The molecule has 1 atom stereocenters. The Morgan fingerprint density at radius 3 is 2.36 bits per heavy atom. The number of anilines is 1. The standard InChI is InChI=1S/C15H23N3O3S/c1-12(15(19)16-13-6-4-3-5-7-13)18-10-8-14(9-11-18)17-22(2,20)21/h3-7,12,14,17H,8-11H2,1-2H3,(H,16,19)/t12-/m1/s1. The van der Waals surface area contributed by atoms with Crippen molar-refractivity contribution < 1.29 is 13.2 Å². The van der Waals surface area contributed by atoms with E-state index in [1.54, 1.807) is 0 Å². The van der Waals surface area contributed by atoms with E-state index in [2.05, 4.69) is 14.9 Å². The van der Waals surface area contributed by atoms with Gasteiger partial charge in [-0.05, 0) is 31.9 Å². The molecule has 2 N–H and O–H groups in total. The number of sulfonamides is 1. The quantitative estimate of drug-likeness (QED) is 0.847. The van der Waals surface area contributed by atoms with Crippen LogP contribution in [0.2, 0.25) is 0 Å². The fraction of sp³-hybridized carbons (Fsp3) is 0.533. The fourth-order valence-corrected chi connectivity index (χ4v) is 3.48. The maximum absolute atomic E-state index is 12.3. The minimum atomic E-state index is -3.17. The summed E-state index contributed by atoms with van der Waals surface area (Å²) in [5.74, 6) is -0.0410. The van der Waals surface area contributed by atoms with Crippen molar-refractivity contribution in [3.8, 4) is 0 Å². The number of nitrogens with one attached hydrogen (secondary N) is 2. The summed E-state index contributed by atoms with van der Waals surface area (Å²) in [6.45, 7) is 3.29. The van der Waals surface area contributed by atoms with Crippen molar-refractivity contribution in [1.82, 2.24) is 9.62 Å². The molecule has 22 heavy (non-hydrogen) atoms. The molecule has 1 aromatic carbocycles. The molecule has 1 fully saturated rings. The third kappa shape index (κ3) is 5.08. The fourth-order valence-electron chi connectivity index (χ4n) is 2.64. The number of amides is 1. The van der Waals surface area contributed by atoms with Crippen LogP contribution in [0.4, 0.5) is 5.69 Å². The number of rotatable bonds is 5. The predicted octanol–water partition coefficient (Wildman–Crippen LogP) is 1.03. The SMILES string of the molecule is C[C@H](C(=O)Nc1ccccc1)N1CCC(NS(C)(=O)=O)CC1. The van der Waals surface area contributed by atoms with Crippen LogP contribution >= 0.6 is 0 Å². The predicted molar refractivity (Wildman–Crippen MR) is 87.1 cm³/mol. The molecule has 1 aliphatic heterocycles. The normalized spacial score (nSPS) is 18.8. The van der Waals surface area contributed by atoms with E-state index in [-0.39, 0.29) is 18.0 Å². The Kier molecular flexibility index (Phi) is 5.55. The molecule has 1 saturated heterocycles. The summed E-state index contributed by atoms with van der Waals surface area (Å²) in [7, 11) is -3.17. The number of para-hydroxylation sites is 1. The minimum absolute atomic E-state index is 0.0318. The van der Waals surface area contributed by atoms with Gasteiger partial charge in [0.05, 0.1) is 12.3 Å². The van der Waals surface area contributed by atoms with Crippen LogP contribution in [0.5, 0.6) is 0 Å².